The first-order valence-electron chi connectivity index (χ1n) is 8.13. The average molecular weight is 356 g/mol. The third-order valence-electron chi connectivity index (χ3n) is 4.03. The first kappa shape index (κ1) is 18.5. The van der Waals surface area contributed by atoms with Crippen molar-refractivity contribution in [3.8, 4) is 0 Å². The average Bonchev–Trinajstić information content (AvgIpc) is 3.02. The maximum Gasteiger partial charge on any atom is 0.234 e. The van der Waals surface area contributed by atoms with Gasteiger partial charge in [-0.2, -0.15) is 0 Å². The molecule has 0 unspecified atom stereocenters. The lowest BCUT2D eigenvalue weighted by Gasteiger charge is -2.17. The van der Waals surface area contributed by atoms with E-state index in [1.807, 2.05) is 0 Å². The molecule has 0 amide bonds. The van der Waals surface area contributed by atoms with E-state index in [1.54, 1.807) is 26.1 Å². The van der Waals surface area contributed by atoms with Gasteiger partial charge in [0.1, 0.15) is 5.82 Å². The first-order chi connectivity index (χ1) is 11.4. The number of nitrogens with one attached hydrogen (secondary N) is 3. The van der Waals surface area contributed by atoms with Crippen molar-refractivity contribution < 1.29 is 12.8 Å². The third-order valence-corrected chi connectivity index (χ3v) is 5.32. The standard InChI is InChI=1S/C16H25FN4O2S/c1-12-7-8-14(11-15(12)17)21-24(22,23)10-9-19-16(18-2)20-13-5-3-4-6-13/h7-8,11,13,21H,3-6,9-10H2,1-2H3,(H2,18,19,20). The smallest absolute Gasteiger partial charge is 0.234 e. The van der Waals surface area contributed by atoms with Gasteiger partial charge < -0.3 is 10.6 Å². The molecular formula is C16H25FN4O2S. The van der Waals surface area contributed by atoms with E-state index < -0.39 is 15.8 Å². The summed E-state index contributed by atoms with van der Waals surface area (Å²) in [7, 11) is -1.90. The van der Waals surface area contributed by atoms with Crippen molar-refractivity contribution in [2.24, 2.45) is 4.99 Å². The monoisotopic (exact) mass is 356 g/mol. The molecule has 1 fully saturated rings. The van der Waals surface area contributed by atoms with Crippen LogP contribution in [0.25, 0.3) is 0 Å². The van der Waals surface area contributed by atoms with Crippen LogP contribution in [0.15, 0.2) is 23.2 Å². The van der Waals surface area contributed by atoms with E-state index in [2.05, 4.69) is 20.3 Å². The van der Waals surface area contributed by atoms with Crippen LogP contribution in [0.4, 0.5) is 10.1 Å². The van der Waals surface area contributed by atoms with E-state index >= 15 is 0 Å². The fourth-order valence-corrected chi connectivity index (χ4v) is 3.61. The van der Waals surface area contributed by atoms with Gasteiger partial charge in [-0.1, -0.05) is 18.9 Å². The summed E-state index contributed by atoms with van der Waals surface area (Å²) in [6, 6.07) is 4.67. The quantitative estimate of drug-likeness (QED) is 0.538. The second kappa shape index (κ2) is 8.32. The largest absolute Gasteiger partial charge is 0.355 e. The highest BCUT2D eigenvalue weighted by atomic mass is 32.2. The molecule has 0 heterocycles. The number of rotatable bonds is 6. The summed E-state index contributed by atoms with van der Waals surface area (Å²) in [5.74, 6) is 0.0430. The summed E-state index contributed by atoms with van der Waals surface area (Å²) >= 11 is 0. The van der Waals surface area contributed by atoms with Crippen molar-refractivity contribution in [2.75, 3.05) is 24.1 Å². The number of sulfonamides is 1. The molecule has 0 aromatic heterocycles. The summed E-state index contributed by atoms with van der Waals surface area (Å²) in [6.45, 7) is 1.84. The fourth-order valence-electron chi connectivity index (χ4n) is 2.65. The van der Waals surface area contributed by atoms with E-state index in [0.29, 0.717) is 17.6 Å². The Kier molecular flexibility index (Phi) is 6.42. The number of halogens is 1. The Hall–Kier alpha value is -1.83. The van der Waals surface area contributed by atoms with E-state index in [9.17, 15) is 12.8 Å². The second-order valence-corrected chi connectivity index (χ2v) is 7.85. The number of aliphatic imine (C=N–C) groups is 1. The number of hydrogen-bond donors (Lipinski definition) is 3. The van der Waals surface area contributed by atoms with Gasteiger partial charge in [-0.3, -0.25) is 9.71 Å². The van der Waals surface area contributed by atoms with Gasteiger partial charge in [-0.15, -0.1) is 0 Å². The Morgan fingerprint density at radius 1 is 1.33 bits per heavy atom. The normalized spacial score (nSPS) is 16.2. The molecule has 6 nitrogen and oxygen atoms in total. The Morgan fingerprint density at radius 2 is 2.04 bits per heavy atom. The number of nitrogens with zero attached hydrogens (tertiary/aromatic N) is 1. The zero-order valence-corrected chi connectivity index (χ0v) is 14.9. The zero-order valence-electron chi connectivity index (χ0n) is 14.1. The van der Waals surface area contributed by atoms with Gasteiger partial charge in [0.15, 0.2) is 5.96 Å². The van der Waals surface area contributed by atoms with Crippen LogP contribution in [0.1, 0.15) is 31.2 Å². The number of benzene rings is 1. The molecule has 1 aromatic carbocycles. The Balaban J connectivity index is 1.81. The summed E-state index contributed by atoms with van der Waals surface area (Å²) in [5, 5.41) is 6.29. The van der Waals surface area contributed by atoms with Gasteiger partial charge in [0.25, 0.3) is 0 Å². The predicted molar refractivity (Wildman–Crippen MR) is 95.3 cm³/mol. The van der Waals surface area contributed by atoms with Gasteiger partial charge in [0.05, 0.1) is 11.4 Å². The van der Waals surface area contributed by atoms with E-state index in [4.69, 9.17) is 0 Å². The molecule has 1 aliphatic rings. The highest BCUT2D eigenvalue weighted by Gasteiger charge is 2.16. The summed E-state index contributed by atoms with van der Waals surface area (Å²) in [5.41, 5.74) is 0.702. The molecule has 0 bridgehead atoms. The van der Waals surface area contributed by atoms with Crippen LogP contribution in [0.5, 0.6) is 0 Å². The molecule has 0 aliphatic heterocycles. The molecule has 134 valence electrons. The highest BCUT2D eigenvalue weighted by molar-refractivity contribution is 7.92. The second-order valence-electron chi connectivity index (χ2n) is 6.01. The minimum atomic E-state index is -3.56. The molecule has 3 N–H and O–H groups in total. The van der Waals surface area contributed by atoms with Crippen LogP contribution in [-0.4, -0.2) is 39.8 Å². The molecule has 0 atom stereocenters. The Labute approximate surface area is 143 Å². The minimum absolute atomic E-state index is 0.131. The van der Waals surface area contributed by atoms with Crippen LogP contribution in [-0.2, 0) is 10.0 Å². The number of aryl methyl sites for hydroxylation is 1. The van der Waals surface area contributed by atoms with Gasteiger partial charge in [-0.05, 0) is 37.5 Å². The Morgan fingerprint density at radius 3 is 2.67 bits per heavy atom. The molecule has 0 saturated heterocycles. The first-order valence-corrected chi connectivity index (χ1v) is 9.78. The van der Waals surface area contributed by atoms with Crippen molar-refractivity contribution in [3.63, 3.8) is 0 Å². The summed E-state index contributed by atoms with van der Waals surface area (Å²) in [6.07, 6.45) is 4.64. The van der Waals surface area contributed by atoms with Gasteiger partial charge >= 0.3 is 0 Å². The SMILES string of the molecule is CN=C(NCCS(=O)(=O)Nc1ccc(C)c(F)c1)NC1CCCC1. The molecule has 0 spiro atoms. The fraction of sp³-hybridized carbons (Fsp3) is 0.562. The number of hydrogen-bond acceptors (Lipinski definition) is 3. The van der Waals surface area contributed by atoms with Crippen LogP contribution in [0.2, 0.25) is 0 Å². The molecule has 8 heteroatoms. The third kappa shape index (κ3) is 5.67. The summed E-state index contributed by atoms with van der Waals surface area (Å²) in [4.78, 5) is 4.11. The molecule has 1 saturated carbocycles. The summed E-state index contributed by atoms with van der Waals surface area (Å²) < 4.78 is 40.0. The topological polar surface area (TPSA) is 82.6 Å². The Bertz CT molecular complexity index is 685. The van der Waals surface area contributed by atoms with Gasteiger partial charge in [0.2, 0.25) is 10.0 Å². The number of anilines is 1. The molecule has 0 radical (unpaired) electrons. The number of guanidine groups is 1. The van der Waals surface area contributed by atoms with Crippen LogP contribution >= 0.6 is 0 Å². The van der Waals surface area contributed by atoms with Crippen molar-refractivity contribution >= 4 is 21.7 Å². The molecule has 24 heavy (non-hydrogen) atoms. The maximum absolute atomic E-state index is 13.5. The van der Waals surface area contributed by atoms with Crippen molar-refractivity contribution in [1.29, 1.82) is 0 Å². The molecule has 2 rings (SSSR count). The lowest BCUT2D eigenvalue weighted by atomic mass is 10.2. The van der Waals surface area contributed by atoms with E-state index in [1.165, 1.54) is 18.9 Å². The maximum atomic E-state index is 13.5. The van der Waals surface area contributed by atoms with E-state index in [-0.39, 0.29) is 18.0 Å². The van der Waals surface area contributed by atoms with Gasteiger partial charge in [0, 0.05) is 19.6 Å². The van der Waals surface area contributed by atoms with Crippen LogP contribution in [0.3, 0.4) is 0 Å². The van der Waals surface area contributed by atoms with Crippen molar-refractivity contribution in [2.45, 2.75) is 38.6 Å². The molecule has 1 aliphatic carbocycles. The lowest BCUT2D eigenvalue weighted by molar-refractivity contribution is 0.597. The van der Waals surface area contributed by atoms with E-state index in [0.717, 1.165) is 12.8 Å². The van der Waals surface area contributed by atoms with Gasteiger partial charge in [-0.25, -0.2) is 12.8 Å². The van der Waals surface area contributed by atoms with Crippen molar-refractivity contribution in [1.82, 2.24) is 10.6 Å². The predicted octanol–water partition coefficient (Wildman–Crippen LogP) is 1.98. The zero-order chi connectivity index (χ0) is 17.6. The van der Waals surface area contributed by atoms with Crippen molar-refractivity contribution in [3.05, 3.63) is 29.6 Å². The van der Waals surface area contributed by atoms with Crippen LogP contribution in [0, 0.1) is 12.7 Å². The molecule has 1 aromatic rings. The molecular weight excluding hydrogens is 331 g/mol. The highest BCUT2D eigenvalue weighted by Crippen LogP contribution is 2.17. The minimum Gasteiger partial charge on any atom is -0.355 e. The van der Waals surface area contributed by atoms with Crippen LogP contribution < -0.4 is 15.4 Å². The lowest BCUT2D eigenvalue weighted by Crippen LogP contribution is -2.44.